The van der Waals surface area contributed by atoms with Gasteiger partial charge in [-0.25, -0.2) is 13.1 Å². The molecule has 5 nitrogen and oxygen atoms in total. The number of nitrogens with one attached hydrogen (secondary N) is 1. The van der Waals surface area contributed by atoms with Crippen molar-refractivity contribution in [3.05, 3.63) is 29.8 Å². The van der Waals surface area contributed by atoms with Crippen molar-refractivity contribution in [2.45, 2.75) is 30.2 Å². The number of benzene rings is 1. The molecule has 1 fully saturated rings. The molecule has 0 aromatic heterocycles. The molecule has 1 atom stereocenters. The number of rotatable bonds is 5. The minimum atomic E-state index is -3.42. The zero-order valence-corrected chi connectivity index (χ0v) is 12.7. The fraction of sp³-hybridized carbons (Fsp3) is 0.571. The Bertz CT molecular complexity index is 528. The quantitative estimate of drug-likeness (QED) is 0.833. The molecule has 1 aliphatic heterocycles. The van der Waals surface area contributed by atoms with E-state index in [1.165, 1.54) is 0 Å². The van der Waals surface area contributed by atoms with E-state index in [9.17, 15) is 8.42 Å². The van der Waals surface area contributed by atoms with Crippen LogP contribution in [0.2, 0.25) is 0 Å². The molecule has 2 rings (SSSR count). The van der Waals surface area contributed by atoms with E-state index in [0.29, 0.717) is 11.4 Å². The zero-order chi connectivity index (χ0) is 14.6. The van der Waals surface area contributed by atoms with Gasteiger partial charge in [0, 0.05) is 12.6 Å². The molecule has 1 saturated heterocycles. The number of nitrogens with zero attached hydrogens (tertiary/aromatic N) is 1. The van der Waals surface area contributed by atoms with Crippen LogP contribution in [0.4, 0.5) is 0 Å². The highest BCUT2D eigenvalue weighted by Gasteiger charge is 2.23. The van der Waals surface area contributed by atoms with Crippen LogP contribution in [0.25, 0.3) is 0 Å². The number of likely N-dealkylation sites (tertiary alicyclic amines) is 1. The second-order valence-electron chi connectivity index (χ2n) is 5.41. The first-order valence-electron chi connectivity index (χ1n) is 7.01. The van der Waals surface area contributed by atoms with Crippen molar-refractivity contribution in [2.75, 3.05) is 26.7 Å². The summed E-state index contributed by atoms with van der Waals surface area (Å²) in [4.78, 5) is 2.48. The summed E-state index contributed by atoms with van der Waals surface area (Å²) in [5.41, 5.74) is 6.54. The van der Waals surface area contributed by atoms with Crippen molar-refractivity contribution >= 4 is 10.0 Å². The molecule has 3 N–H and O–H groups in total. The molecule has 112 valence electrons. The topological polar surface area (TPSA) is 75.4 Å². The average molecular weight is 297 g/mol. The predicted octanol–water partition coefficient (Wildman–Crippen LogP) is 0.560. The normalized spacial score (nSPS) is 21.0. The first-order chi connectivity index (χ1) is 9.51. The largest absolute Gasteiger partial charge is 0.330 e. The molecule has 20 heavy (non-hydrogen) atoms. The Balaban J connectivity index is 2.05. The van der Waals surface area contributed by atoms with Crippen LogP contribution >= 0.6 is 0 Å². The third-order valence-electron chi connectivity index (χ3n) is 3.61. The predicted molar refractivity (Wildman–Crippen MR) is 80.0 cm³/mol. The SMILES string of the molecule is CN1CCCC(NS(=O)(=O)c2ccc(CCN)cc2)C1. The summed E-state index contributed by atoms with van der Waals surface area (Å²) in [5, 5.41) is 0. The van der Waals surface area contributed by atoms with Crippen LogP contribution in [0.15, 0.2) is 29.2 Å². The summed E-state index contributed by atoms with van der Waals surface area (Å²) in [6.45, 7) is 2.37. The Hall–Kier alpha value is -0.950. The Morgan fingerprint density at radius 2 is 2.05 bits per heavy atom. The highest BCUT2D eigenvalue weighted by Crippen LogP contribution is 2.14. The average Bonchev–Trinajstić information content (AvgIpc) is 2.39. The molecular weight excluding hydrogens is 274 g/mol. The fourth-order valence-electron chi connectivity index (χ4n) is 2.55. The van der Waals surface area contributed by atoms with Crippen LogP contribution in [0, 0.1) is 0 Å². The Labute approximate surface area is 121 Å². The molecule has 0 spiro atoms. The van der Waals surface area contributed by atoms with Gasteiger partial charge in [-0.3, -0.25) is 0 Å². The summed E-state index contributed by atoms with van der Waals surface area (Å²) < 4.78 is 27.4. The third kappa shape index (κ3) is 4.02. The molecule has 0 saturated carbocycles. The summed E-state index contributed by atoms with van der Waals surface area (Å²) in [6, 6.07) is 6.96. The highest BCUT2D eigenvalue weighted by molar-refractivity contribution is 7.89. The van der Waals surface area contributed by atoms with Gasteiger partial charge >= 0.3 is 0 Å². The van der Waals surface area contributed by atoms with Crippen LogP contribution < -0.4 is 10.5 Å². The van der Waals surface area contributed by atoms with E-state index in [0.717, 1.165) is 37.9 Å². The van der Waals surface area contributed by atoms with Crippen molar-refractivity contribution in [3.8, 4) is 0 Å². The van der Waals surface area contributed by atoms with Crippen LogP contribution in [-0.2, 0) is 16.4 Å². The van der Waals surface area contributed by atoms with Gasteiger partial charge in [-0.05, 0) is 57.1 Å². The number of sulfonamides is 1. The van der Waals surface area contributed by atoms with E-state index in [-0.39, 0.29) is 6.04 Å². The fourth-order valence-corrected chi connectivity index (χ4v) is 3.81. The van der Waals surface area contributed by atoms with Crippen LogP contribution in [0.1, 0.15) is 18.4 Å². The molecular formula is C14H23N3O2S. The van der Waals surface area contributed by atoms with Crippen molar-refractivity contribution in [1.82, 2.24) is 9.62 Å². The summed E-state index contributed by atoms with van der Waals surface area (Å²) in [6.07, 6.45) is 2.69. The molecule has 1 aromatic rings. The van der Waals surface area contributed by atoms with Gasteiger partial charge in [0.2, 0.25) is 10.0 Å². The summed E-state index contributed by atoms with van der Waals surface area (Å²) >= 11 is 0. The van der Waals surface area contributed by atoms with Crippen molar-refractivity contribution in [1.29, 1.82) is 0 Å². The molecule has 0 bridgehead atoms. The van der Waals surface area contributed by atoms with Crippen molar-refractivity contribution in [3.63, 3.8) is 0 Å². The van der Waals surface area contributed by atoms with Crippen LogP contribution in [0.3, 0.4) is 0 Å². The number of piperidine rings is 1. The molecule has 1 aliphatic rings. The number of nitrogens with two attached hydrogens (primary N) is 1. The Morgan fingerprint density at radius 3 is 2.65 bits per heavy atom. The van der Waals surface area contributed by atoms with Gasteiger partial charge in [0.05, 0.1) is 4.90 Å². The van der Waals surface area contributed by atoms with E-state index >= 15 is 0 Å². The van der Waals surface area contributed by atoms with Gasteiger partial charge in [-0.15, -0.1) is 0 Å². The van der Waals surface area contributed by atoms with Gasteiger partial charge in [0.1, 0.15) is 0 Å². The molecule has 0 radical (unpaired) electrons. The lowest BCUT2D eigenvalue weighted by Gasteiger charge is -2.29. The maximum absolute atomic E-state index is 12.3. The van der Waals surface area contributed by atoms with Gasteiger partial charge in [0.15, 0.2) is 0 Å². The molecule has 0 aliphatic carbocycles. The van der Waals surface area contributed by atoms with E-state index in [2.05, 4.69) is 9.62 Å². The lowest BCUT2D eigenvalue weighted by molar-refractivity contribution is 0.242. The Kier molecular flexibility index (Phi) is 5.15. The summed E-state index contributed by atoms with van der Waals surface area (Å²) in [7, 11) is -1.41. The van der Waals surface area contributed by atoms with Gasteiger partial charge in [0.25, 0.3) is 0 Å². The van der Waals surface area contributed by atoms with Gasteiger partial charge in [-0.2, -0.15) is 0 Å². The van der Waals surface area contributed by atoms with Gasteiger partial charge < -0.3 is 10.6 Å². The second kappa shape index (κ2) is 6.67. The Morgan fingerprint density at radius 1 is 1.35 bits per heavy atom. The monoisotopic (exact) mass is 297 g/mol. The maximum atomic E-state index is 12.3. The second-order valence-corrected chi connectivity index (χ2v) is 7.12. The van der Waals surface area contributed by atoms with E-state index in [1.807, 2.05) is 19.2 Å². The number of hydrogen-bond acceptors (Lipinski definition) is 4. The third-order valence-corrected chi connectivity index (χ3v) is 5.15. The zero-order valence-electron chi connectivity index (χ0n) is 11.9. The lowest BCUT2D eigenvalue weighted by Crippen LogP contribution is -2.46. The lowest BCUT2D eigenvalue weighted by atomic mass is 10.1. The van der Waals surface area contributed by atoms with Crippen molar-refractivity contribution < 1.29 is 8.42 Å². The highest BCUT2D eigenvalue weighted by atomic mass is 32.2. The van der Waals surface area contributed by atoms with Crippen molar-refractivity contribution in [2.24, 2.45) is 5.73 Å². The molecule has 0 amide bonds. The molecule has 1 unspecified atom stereocenters. The van der Waals surface area contributed by atoms with Gasteiger partial charge in [-0.1, -0.05) is 12.1 Å². The van der Waals surface area contributed by atoms with E-state index in [4.69, 9.17) is 5.73 Å². The number of hydrogen-bond donors (Lipinski definition) is 2. The van der Waals surface area contributed by atoms with E-state index < -0.39 is 10.0 Å². The molecule has 1 heterocycles. The van der Waals surface area contributed by atoms with Crippen LogP contribution in [0.5, 0.6) is 0 Å². The van der Waals surface area contributed by atoms with E-state index in [1.54, 1.807) is 12.1 Å². The molecule has 1 aromatic carbocycles. The minimum Gasteiger partial charge on any atom is -0.330 e. The smallest absolute Gasteiger partial charge is 0.240 e. The summed E-state index contributed by atoms with van der Waals surface area (Å²) in [5.74, 6) is 0. The first kappa shape index (κ1) is 15.4. The first-order valence-corrected chi connectivity index (χ1v) is 8.49. The minimum absolute atomic E-state index is 0.00229. The number of likely N-dealkylation sites (N-methyl/N-ethyl adjacent to an activating group) is 1. The standard InChI is InChI=1S/C14H23N3O2S/c1-17-10-2-3-13(11-17)16-20(18,19)14-6-4-12(5-7-14)8-9-15/h4-7,13,16H,2-3,8-11,15H2,1H3. The van der Waals surface area contributed by atoms with Crippen LogP contribution in [-0.4, -0.2) is 46.0 Å². The molecule has 6 heteroatoms. The maximum Gasteiger partial charge on any atom is 0.240 e.